The van der Waals surface area contributed by atoms with Crippen molar-refractivity contribution in [2.75, 3.05) is 24.6 Å². The number of anilines is 1. The van der Waals surface area contributed by atoms with E-state index in [2.05, 4.69) is 20.5 Å². The van der Waals surface area contributed by atoms with Gasteiger partial charge in [-0.25, -0.2) is 13.9 Å². The van der Waals surface area contributed by atoms with Gasteiger partial charge in [0.25, 0.3) is 0 Å². The molecule has 0 bridgehead atoms. The van der Waals surface area contributed by atoms with E-state index in [1.165, 1.54) is 17.2 Å². The Kier molecular flexibility index (Phi) is 6.54. The Labute approximate surface area is 204 Å². The fourth-order valence-corrected chi connectivity index (χ4v) is 3.91. The van der Waals surface area contributed by atoms with Gasteiger partial charge in [0.05, 0.1) is 37.2 Å². The maximum Gasteiger partial charge on any atom is 0.414 e. The van der Waals surface area contributed by atoms with Crippen molar-refractivity contribution < 1.29 is 28.3 Å². The van der Waals surface area contributed by atoms with Crippen LogP contribution in [0.4, 0.5) is 14.9 Å². The quantitative estimate of drug-likeness (QED) is 0.459. The van der Waals surface area contributed by atoms with Crippen LogP contribution in [0.3, 0.4) is 0 Å². The zero-order valence-corrected chi connectivity index (χ0v) is 19.0. The second kappa shape index (κ2) is 10.1. The van der Waals surface area contributed by atoms with Crippen LogP contribution in [-0.4, -0.2) is 69.7 Å². The topological polar surface area (TPSA) is 147 Å². The number of hydrogen-bond acceptors (Lipinski definition) is 10. The number of halogens is 1. The first-order valence-electron chi connectivity index (χ1n) is 11.2. The van der Waals surface area contributed by atoms with Crippen LogP contribution >= 0.6 is 0 Å². The Hall–Kier alpha value is -4.39. The number of carbonyl (C=O) groups is 2. The number of rotatable bonds is 8. The van der Waals surface area contributed by atoms with E-state index >= 15 is 4.39 Å². The maximum atomic E-state index is 15.0. The van der Waals surface area contributed by atoms with E-state index in [0.717, 1.165) is 0 Å². The van der Waals surface area contributed by atoms with Gasteiger partial charge in [0.2, 0.25) is 0 Å². The van der Waals surface area contributed by atoms with Crippen molar-refractivity contribution in [3.8, 4) is 11.1 Å². The predicted octanol–water partition coefficient (Wildman–Crippen LogP) is 1.50. The standard InChI is InChI=1S/C23H22FN7O5/c24-19-7-15(31-12-17(35-23(31)33)11-30-6-5-27-29-30)2-3-18(19)14-1-4-20(26-10-14)21-8-16(36-28-21)13-34-22(32)9-25/h1-7,10,16-17H,8-9,11-13,25H2/t16?,17-/m0/s1. The molecule has 0 aliphatic carbocycles. The number of oxime groups is 1. The summed E-state index contributed by atoms with van der Waals surface area (Å²) < 4.78 is 26.9. The van der Waals surface area contributed by atoms with Crippen molar-refractivity contribution in [3.63, 3.8) is 0 Å². The Morgan fingerprint density at radius 3 is 2.86 bits per heavy atom. The fraction of sp³-hybridized carbons (Fsp3) is 0.304. The average Bonchev–Trinajstić information content (AvgIpc) is 3.65. The molecule has 1 aromatic carbocycles. The first-order valence-corrected chi connectivity index (χ1v) is 11.2. The molecule has 0 spiro atoms. The molecule has 1 unspecified atom stereocenters. The Morgan fingerprint density at radius 1 is 1.25 bits per heavy atom. The highest BCUT2D eigenvalue weighted by Crippen LogP contribution is 2.29. The minimum atomic E-state index is -0.547. The summed E-state index contributed by atoms with van der Waals surface area (Å²) in [5, 5.41) is 11.6. The van der Waals surface area contributed by atoms with Crippen molar-refractivity contribution in [1.29, 1.82) is 0 Å². The number of nitrogens with zero attached hydrogens (tertiary/aromatic N) is 6. The van der Waals surface area contributed by atoms with E-state index in [4.69, 9.17) is 20.0 Å². The molecule has 12 nitrogen and oxygen atoms in total. The summed E-state index contributed by atoms with van der Waals surface area (Å²) in [4.78, 5) is 34.6. The van der Waals surface area contributed by atoms with Gasteiger partial charge in [-0.05, 0) is 24.3 Å². The Bertz CT molecular complexity index is 1280. The molecule has 13 heteroatoms. The van der Waals surface area contributed by atoms with Crippen LogP contribution in [0.1, 0.15) is 12.1 Å². The summed E-state index contributed by atoms with van der Waals surface area (Å²) >= 11 is 0. The van der Waals surface area contributed by atoms with Crippen LogP contribution in [0, 0.1) is 5.82 Å². The largest absolute Gasteiger partial charge is 0.461 e. The molecular formula is C23H22FN7O5. The molecule has 1 saturated heterocycles. The molecule has 1 fully saturated rings. The van der Waals surface area contributed by atoms with Crippen LogP contribution < -0.4 is 10.6 Å². The van der Waals surface area contributed by atoms with Crippen LogP contribution in [0.25, 0.3) is 11.1 Å². The number of ether oxygens (including phenoxy) is 2. The molecular weight excluding hydrogens is 473 g/mol. The van der Waals surface area contributed by atoms with Crippen molar-refractivity contribution in [3.05, 3.63) is 60.4 Å². The van der Waals surface area contributed by atoms with Crippen molar-refractivity contribution >= 4 is 23.5 Å². The number of cyclic esters (lactones) is 1. The number of benzene rings is 1. The number of esters is 1. The normalized spacial score (nSPS) is 19.1. The van der Waals surface area contributed by atoms with E-state index < -0.39 is 30.1 Å². The van der Waals surface area contributed by atoms with Gasteiger partial charge in [-0.2, -0.15) is 0 Å². The zero-order valence-electron chi connectivity index (χ0n) is 19.0. The van der Waals surface area contributed by atoms with E-state index in [-0.39, 0.29) is 19.7 Å². The van der Waals surface area contributed by atoms with E-state index in [1.54, 1.807) is 41.3 Å². The minimum Gasteiger partial charge on any atom is -0.461 e. The van der Waals surface area contributed by atoms with Crippen molar-refractivity contribution in [1.82, 2.24) is 20.0 Å². The molecule has 0 saturated carbocycles. The lowest BCUT2D eigenvalue weighted by atomic mass is 10.0. The maximum absolute atomic E-state index is 15.0. The third-order valence-corrected chi connectivity index (χ3v) is 5.70. The first kappa shape index (κ1) is 23.4. The van der Waals surface area contributed by atoms with Crippen LogP contribution in [0.5, 0.6) is 0 Å². The van der Waals surface area contributed by atoms with E-state index in [1.807, 2.05) is 0 Å². The molecule has 36 heavy (non-hydrogen) atoms. The van der Waals surface area contributed by atoms with Crippen LogP contribution in [-0.2, 0) is 25.7 Å². The molecule has 2 N–H and O–H groups in total. The number of amides is 1. The molecule has 2 aliphatic heterocycles. The van der Waals surface area contributed by atoms with Gasteiger partial charge < -0.3 is 20.0 Å². The molecule has 0 radical (unpaired) electrons. The second-order valence-corrected chi connectivity index (χ2v) is 8.19. The number of nitrogens with two attached hydrogens (primary N) is 1. The van der Waals surface area contributed by atoms with Crippen LogP contribution in [0.2, 0.25) is 0 Å². The molecule has 2 aromatic heterocycles. The molecule has 2 aliphatic rings. The number of aromatic nitrogens is 4. The summed E-state index contributed by atoms with van der Waals surface area (Å²) in [6.07, 6.45) is 3.79. The third-order valence-electron chi connectivity index (χ3n) is 5.70. The van der Waals surface area contributed by atoms with E-state index in [9.17, 15) is 9.59 Å². The Balaban J connectivity index is 1.22. The SMILES string of the molecule is NCC(=O)OCC1CC(c2ccc(-c3ccc(N4C[C@H](Cn5ccnn5)OC4=O)cc3F)cn2)=NO1. The lowest BCUT2D eigenvalue weighted by Gasteiger charge is -2.14. The number of carbonyl (C=O) groups excluding carboxylic acids is 2. The number of pyridine rings is 1. The smallest absolute Gasteiger partial charge is 0.414 e. The lowest BCUT2D eigenvalue weighted by molar-refractivity contribution is -0.145. The van der Waals surface area contributed by atoms with Crippen molar-refractivity contribution in [2.45, 2.75) is 25.2 Å². The van der Waals surface area contributed by atoms with Crippen LogP contribution in [0.15, 0.2) is 54.1 Å². The highest BCUT2D eigenvalue weighted by atomic mass is 19.1. The van der Waals surface area contributed by atoms with Crippen molar-refractivity contribution in [2.24, 2.45) is 10.9 Å². The summed E-state index contributed by atoms with van der Waals surface area (Å²) in [7, 11) is 0. The zero-order chi connectivity index (χ0) is 25.1. The van der Waals surface area contributed by atoms with Gasteiger partial charge in [-0.15, -0.1) is 5.10 Å². The highest BCUT2D eigenvalue weighted by Gasteiger charge is 2.33. The minimum absolute atomic E-state index is 0.0461. The molecule has 3 aromatic rings. The summed E-state index contributed by atoms with van der Waals surface area (Å²) in [6.45, 7) is 0.471. The lowest BCUT2D eigenvalue weighted by Crippen LogP contribution is -2.26. The summed E-state index contributed by atoms with van der Waals surface area (Å²) in [5.41, 5.74) is 7.67. The summed E-state index contributed by atoms with van der Waals surface area (Å²) in [6, 6.07) is 7.99. The van der Waals surface area contributed by atoms with Gasteiger partial charge in [-0.1, -0.05) is 16.4 Å². The highest BCUT2D eigenvalue weighted by molar-refractivity contribution is 5.99. The molecule has 2 atom stereocenters. The third kappa shape index (κ3) is 5.00. The van der Waals surface area contributed by atoms with Gasteiger partial charge in [0, 0.05) is 29.9 Å². The fourth-order valence-electron chi connectivity index (χ4n) is 3.91. The monoisotopic (exact) mass is 495 g/mol. The number of hydrogen-bond donors (Lipinski definition) is 1. The van der Waals surface area contributed by atoms with E-state index in [0.29, 0.717) is 41.2 Å². The molecule has 1 amide bonds. The van der Waals surface area contributed by atoms with Gasteiger partial charge in [0.1, 0.15) is 24.2 Å². The average molecular weight is 495 g/mol. The van der Waals surface area contributed by atoms with Gasteiger partial charge >= 0.3 is 12.1 Å². The Morgan fingerprint density at radius 2 is 2.14 bits per heavy atom. The molecule has 186 valence electrons. The molecule has 4 heterocycles. The molecule has 5 rings (SSSR count). The first-order chi connectivity index (χ1) is 17.5. The second-order valence-electron chi connectivity index (χ2n) is 8.19. The van der Waals surface area contributed by atoms with Gasteiger partial charge in [-0.3, -0.25) is 14.7 Å². The van der Waals surface area contributed by atoms with Gasteiger partial charge in [0.15, 0.2) is 6.10 Å². The predicted molar refractivity (Wildman–Crippen MR) is 123 cm³/mol. The summed E-state index contributed by atoms with van der Waals surface area (Å²) in [5.74, 6) is -1.02.